The lowest BCUT2D eigenvalue weighted by Crippen LogP contribution is -2.40. The van der Waals surface area contributed by atoms with Gasteiger partial charge in [-0.05, 0) is 31.9 Å². The van der Waals surface area contributed by atoms with Gasteiger partial charge in [0, 0.05) is 43.4 Å². The lowest BCUT2D eigenvalue weighted by atomic mass is 9.91. The van der Waals surface area contributed by atoms with Gasteiger partial charge in [-0.3, -0.25) is 9.69 Å². The fourth-order valence-corrected chi connectivity index (χ4v) is 3.61. The number of nitrogens with zero attached hydrogens (tertiary/aromatic N) is 3. The van der Waals surface area contributed by atoms with Crippen molar-refractivity contribution >= 4 is 5.91 Å². The Hall–Kier alpha value is -2.25. The Morgan fingerprint density at radius 2 is 2.19 bits per heavy atom. The molecule has 1 unspecified atom stereocenters. The smallest absolute Gasteiger partial charge is 0.270 e. The van der Waals surface area contributed by atoms with E-state index in [2.05, 4.69) is 20.4 Å². The molecule has 3 heterocycles. The summed E-state index contributed by atoms with van der Waals surface area (Å²) in [5.41, 5.74) is 3.46. The number of rotatable bonds is 4. The summed E-state index contributed by atoms with van der Waals surface area (Å²) in [7, 11) is 0. The van der Waals surface area contributed by atoms with E-state index in [1.807, 2.05) is 19.1 Å². The van der Waals surface area contributed by atoms with Crippen LogP contribution in [0.4, 0.5) is 0 Å². The van der Waals surface area contributed by atoms with Crippen LogP contribution < -0.4 is 5.32 Å². The van der Waals surface area contributed by atoms with Crippen LogP contribution in [0.15, 0.2) is 22.7 Å². The highest BCUT2D eigenvalue weighted by Crippen LogP contribution is 2.26. The molecule has 7 nitrogen and oxygen atoms in total. The molecule has 4 rings (SSSR count). The number of hydrogen-bond donors (Lipinski definition) is 1. The van der Waals surface area contributed by atoms with Crippen molar-refractivity contribution in [3.8, 4) is 0 Å². The van der Waals surface area contributed by atoms with Crippen molar-refractivity contribution in [3.63, 3.8) is 0 Å². The zero-order valence-corrected chi connectivity index (χ0v) is 15.0. The van der Waals surface area contributed by atoms with Crippen LogP contribution in [-0.2, 0) is 24.1 Å². The maximum absolute atomic E-state index is 12.5. The minimum absolute atomic E-state index is 0.0835. The van der Waals surface area contributed by atoms with Gasteiger partial charge in [0.2, 0.25) is 0 Å². The molecule has 1 atom stereocenters. The Labute approximate surface area is 152 Å². The van der Waals surface area contributed by atoms with Crippen LogP contribution in [0, 0.1) is 6.92 Å². The van der Waals surface area contributed by atoms with Gasteiger partial charge in [0.1, 0.15) is 17.1 Å². The van der Waals surface area contributed by atoms with Gasteiger partial charge in [0.15, 0.2) is 0 Å². The van der Waals surface area contributed by atoms with Crippen molar-refractivity contribution < 1.29 is 14.1 Å². The lowest BCUT2D eigenvalue weighted by molar-refractivity contribution is 0.0331. The number of carbonyl (C=O) groups excluding carboxylic acids is 1. The molecule has 2 aromatic heterocycles. The molecule has 1 aliphatic carbocycles. The van der Waals surface area contributed by atoms with Crippen LogP contribution in [-0.4, -0.2) is 53.3 Å². The first-order valence-corrected chi connectivity index (χ1v) is 9.20. The average molecular weight is 356 g/mol. The number of aryl methyl sites for hydroxylation is 2. The minimum Gasteiger partial charge on any atom is -0.379 e. The van der Waals surface area contributed by atoms with Crippen molar-refractivity contribution in [3.05, 3.63) is 46.6 Å². The van der Waals surface area contributed by atoms with Crippen molar-refractivity contribution in [2.45, 2.75) is 38.8 Å². The van der Waals surface area contributed by atoms with Gasteiger partial charge in [-0.15, -0.1) is 0 Å². The Morgan fingerprint density at radius 3 is 3.00 bits per heavy atom. The number of aromatic nitrogens is 2. The number of pyridine rings is 1. The van der Waals surface area contributed by atoms with E-state index in [9.17, 15) is 4.79 Å². The second-order valence-corrected chi connectivity index (χ2v) is 7.00. The van der Waals surface area contributed by atoms with Gasteiger partial charge in [-0.2, -0.15) is 0 Å². The molecule has 1 saturated heterocycles. The van der Waals surface area contributed by atoms with Crippen molar-refractivity contribution in [2.24, 2.45) is 0 Å². The number of morpholine rings is 1. The number of carbonyl (C=O) groups is 1. The number of amides is 1. The molecule has 7 heteroatoms. The Kier molecular flexibility index (Phi) is 4.99. The van der Waals surface area contributed by atoms with E-state index in [-0.39, 0.29) is 11.9 Å². The fourth-order valence-electron chi connectivity index (χ4n) is 3.61. The normalized spacial score (nSPS) is 20.6. The molecule has 1 amide bonds. The van der Waals surface area contributed by atoms with E-state index in [1.165, 1.54) is 0 Å². The lowest BCUT2D eigenvalue weighted by Gasteiger charge is -2.27. The van der Waals surface area contributed by atoms with Crippen LogP contribution in [0.1, 0.15) is 39.6 Å². The first-order chi connectivity index (χ1) is 12.7. The number of ether oxygens (including phenoxy) is 1. The summed E-state index contributed by atoms with van der Waals surface area (Å²) in [6, 6.07) is 5.58. The molecule has 26 heavy (non-hydrogen) atoms. The van der Waals surface area contributed by atoms with Crippen LogP contribution in [0.25, 0.3) is 0 Å². The van der Waals surface area contributed by atoms with Crippen LogP contribution >= 0.6 is 0 Å². The molecule has 1 aliphatic heterocycles. The Balaban J connectivity index is 1.42. The van der Waals surface area contributed by atoms with Gasteiger partial charge in [-0.1, -0.05) is 11.2 Å². The van der Waals surface area contributed by atoms with Gasteiger partial charge in [-0.25, -0.2) is 4.98 Å². The molecule has 1 fully saturated rings. The summed E-state index contributed by atoms with van der Waals surface area (Å²) in [4.78, 5) is 19.1. The molecule has 0 radical (unpaired) electrons. The molecule has 138 valence electrons. The van der Waals surface area contributed by atoms with E-state index in [0.29, 0.717) is 5.69 Å². The summed E-state index contributed by atoms with van der Waals surface area (Å²) in [6.07, 6.45) is 2.42. The van der Waals surface area contributed by atoms with E-state index >= 15 is 0 Å². The van der Waals surface area contributed by atoms with Gasteiger partial charge < -0.3 is 14.6 Å². The predicted octanol–water partition coefficient (Wildman–Crippen LogP) is 1.50. The highest BCUT2D eigenvalue weighted by Gasteiger charge is 2.28. The molecular weight excluding hydrogens is 332 g/mol. The van der Waals surface area contributed by atoms with E-state index in [0.717, 1.165) is 74.8 Å². The number of nitrogens with one attached hydrogen (secondary N) is 1. The van der Waals surface area contributed by atoms with Gasteiger partial charge >= 0.3 is 0 Å². The zero-order chi connectivity index (χ0) is 17.9. The first kappa shape index (κ1) is 17.2. The third-order valence-electron chi connectivity index (χ3n) is 5.05. The zero-order valence-electron chi connectivity index (χ0n) is 15.0. The second kappa shape index (κ2) is 7.55. The molecule has 2 aliphatic rings. The number of hydrogen-bond acceptors (Lipinski definition) is 6. The standard InChI is InChI=1S/C19H24N4O3/c1-13-3-2-4-16(20-13)19(24)21-14-5-6-18-15(11-14)17(22-26-18)12-23-7-9-25-10-8-23/h2-4,14H,5-12H2,1H3,(H,21,24). The summed E-state index contributed by atoms with van der Waals surface area (Å²) in [5, 5.41) is 7.41. The maximum atomic E-state index is 12.5. The summed E-state index contributed by atoms with van der Waals surface area (Å²) in [5.74, 6) is 0.848. The first-order valence-electron chi connectivity index (χ1n) is 9.20. The molecule has 0 spiro atoms. The largest absolute Gasteiger partial charge is 0.379 e. The van der Waals surface area contributed by atoms with E-state index < -0.39 is 0 Å². The third kappa shape index (κ3) is 3.78. The maximum Gasteiger partial charge on any atom is 0.270 e. The van der Waals surface area contributed by atoms with Crippen LogP contribution in [0.5, 0.6) is 0 Å². The van der Waals surface area contributed by atoms with E-state index in [1.54, 1.807) is 6.07 Å². The second-order valence-electron chi connectivity index (χ2n) is 7.00. The average Bonchev–Trinajstić information content (AvgIpc) is 3.05. The molecule has 0 aromatic carbocycles. The third-order valence-corrected chi connectivity index (χ3v) is 5.05. The highest BCUT2D eigenvalue weighted by molar-refractivity contribution is 5.92. The van der Waals surface area contributed by atoms with Gasteiger partial charge in [0.05, 0.1) is 13.2 Å². The molecule has 1 N–H and O–H groups in total. The number of fused-ring (bicyclic) bond motifs is 1. The minimum atomic E-state index is -0.117. The SMILES string of the molecule is Cc1cccc(C(=O)NC2CCc3onc(CN4CCOCC4)c3C2)n1. The monoisotopic (exact) mass is 356 g/mol. The Bertz CT molecular complexity index is 783. The molecular formula is C19H24N4O3. The topological polar surface area (TPSA) is 80.5 Å². The predicted molar refractivity (Wildman–Crippen MR) is 94.9 cm³/mol. The van der Waals surface area contributed by atoms with Crippen molar-refractivity contribution in [2.75, 3.05) is 26.3 Å². The molecule has 0 saturated carbocycles. The van der Waals surface area contributed by atoms with E-state index in [4.69, 9.17) is 9.26 Å². The molecule has 2 aromatic rings. The van der Waals surface area contributed by atoms with Crippen molar-refractivity contribution in [1.82, 2.24) is 20.4 Å². The summed E-state index contributed by atoms with van der Waals surface area (Å²) in [6.45, 7) is 6.03. The fraction of sp³-hybridized carbons (Fsp3) is 0.526. The quantitative estimate of drug-likeness (QED) is 0.894. The van der Waals surface area contributed by atoms with Crippen molar-refractivity contribution in [1.29, 1.82) is 0 Å². The highest BCUT2D eigenvalue weighted by atomic mass is 16.5. The van der Waals surface area contributed by atoms with Crippen LogP contribution in [0.3, 0.4) is 0 Å². The molecule has 0 bridgehead atoms. The Morgan fingerprint density at radius 1 is 1.35 bits per heavy atom. The van der Waals surface area contributed by atoms with Gasteiger partial charge in [0.25, 0.3) is 5.91 Å². The summed E-state index contributed by atoms with van der Waals surface area (Å²) >= 11 is 0. The van der Waals surface area contributed by atoms with Crippen LogP contribution in [0.2, 0.25) is 0 Å². The summed E-state index contributed by atoms with van der Waals surface area (Å²) < 4.78 is 11.0.